The van der Waals surface area contributed by atoms with Crippen LogP contribution in [0.15, 0.2) is 42.9 Å². The number of H-pyrrole nitrogens is 1. The molecule has 0 amide bonds. The van der Waals surface area contributed by atoms with Crippen LogP contribution in [0.2, 0.25) is 0 Å². The van der Waals surface area contributed by atoms with Crippen LogP contribution in [0.25, 0.3) is 22.2 Å². The molecule has 0 aliphatic carbocycles. The van der Waals surface area contributed by atoms with Crippen LogP contribution in [0, 0.1) is 6.92 Å². The van der Waals surface area contributed by atoms with E-state index in [2.05, 4.69) is 21.0 Å². The molecule has 3 aromatic heterocycles. The van der Waals surface area contributed by atoms with Crippen molar-refractivity contribution in [2.75, 3.05) is 0 Å². The molecule has 0 spiro atoms. The van der Waals surface area contributed by atoms with Gasteiger partial charge < -0.3 is 4.98 Å². The molecule has 3 heterocycles. The monoisotopic (exact) mass is 209 g/mol. The molecule has 78 valence electrons. The summed E-state index contributed by atoms with van der Waals surface area (Å²) >= 11 is 0. The maximum atomic E-state index is 4.54. The standard InChI is InChI=1S/C13H11N3/c1-9-12(10-2-5-14-6-3-10)8-11-4-7-15-13(11)16-9/h2-8H,1H3,(H,15,16). The number of aromatic amines is 1. The van der Waals surface area contributed by atoms with Gasteiger partial charge in [-0.25, -0.2) is 4.98 Å². The summed E-state index contributed by atoms with van der Waals surface area (Å²) in [5.41, 5.74) is 4.29. The summed E-state index contributed by atoms with van der Waals surface area (Å²) in [7, 11) is 0. The Morgan fingerprint density at radius 1 is 1.12 bits per heavy atom. The van der Waals surface area contributed by atoms with Crippen molar-refractivity contribution in [2.24, 2.45) is 0 Å². The summed E-state index contributed by atoms with van der Waals surface area (Å²) in [5.74, 6) is 0. The minimum Gasteiger partial charge on any atom is -0.346 e. The largest absolute Gasteiger partial charge is 0.346 e. The molecule has 0 unspecified atom stereocenters. The normalized spacial score (nSPS) is 10.8. The second-order valence-corrected chi connectivity index (χ2v) is 3.77. The topological polar surface area (TPSA) is 41.6 Å². The number of aryl methyl sites for hydroxylation is 1. The van der Waals surface area contributed by atoms with Gasteiger partial charge >= 0.3 is 0 Å². The van der Waals surface area contributed by atoms with E-state index in [1.54, 1.807) is 12.4 Å². The highest BCUT2D eigenvalue weighted by molar-refractivity contribution is 5.82. The number of nitrogens with zero attached hydrogens (tertiary/aromatic N) is 2. The number of hydrogen-bond donors (Lipinski definition) is 1. The smallest absolute Gasteiger partial charge is 0.137 e. The van der Waals surface area contributed by atoms with Crippen molar-refractivity contribution in [1.82, 2.24) is 15.0 Å². The lowest BCUT2D eigenvalue weighted by molar-refractivity contribution is 1.22. The van der Waals surface area contributed by atoms with Gasteiger partial charge in [0, 0.05) is 35.2 Å². The Balaban J connectivity index is 2.27. The van der Waals surface area contributed by atoms with Crippen molar-refractivity contribution < 1.29 is 0 Å². The Labute approximate surface area is 93.2 Å². The number of pyridine rings is 2. The minimum absolute atomic E-state index is 0.940. The number of nitrogens with one attached hydrogen (secondary N) is 1. The highest BCUT2D eigenvalue weighted by Crippen LogP contribution is 2.24. The van der Waals surface area contributed by atoms with E-state index in [-0.39, 0.29) is 0 Å². The number of aromatic nitrogens is 3. The van der Waals surface area contributed by atoms with Crippen LogP contribution in [0.3, 0.4) is 0 Å². The molecule has 0 bridgehead atoms. The highest BCUT2D eigenvalue weighted by atomic mass is 14.8. The van der Waals surface area contributed by atoms with Gasteiger partial charge in [0.1, 0.15) is 5.65 Å². The second kappa shape index (κ2) is 3.45. The lowest BCUT2D eigenvalue weighted by atomic mass is 10.1. The summed E-state index contributed by atoms with van der Waals surface area (Å²) in [6, 6.07) is 8.20. The zero-order chi connectivity index (χ0) is 11.0. The van der Waals surface area contributed by atoms with Gasteiger partial charge in [-0.05, 0) is 36.8 Å². The Morgan fingerprint density at radius 3 is 2.75 bits per heavy atom. The van der Waals surface area contributed by atoms with Gasteiger partial charge in [-0.1, -0.05) is 0 Å². The maximum Gasteiger partial charge on any atom is 0.137 e. The third-order valence-electron chi connectivity index (χ3n) is 2.72. The molecule has 3 rings (SSSR count). The predicted molar refractivity (Wildman–Crippen MR) is 64.1 cm³/mol. The van der Waals surface area contributed by atoms with Crippen LogP contribution < -0.4 is 0 Å². The molecule has 0 atom stereocenters. The summed E-state index contributed by atoms with van der Waals surface area (Å²) in [5, 5.41) is 1.14. The molecule has 0 fully saturated rings. The average molecular weight is 209 g/mol. The van der Waals surface area contributed by atoms with E-state index in [9.17, 15) is 0 Å². The fraction of sp³-hybridized carbons (Fsp3) is 0.0769. The van der Waals surface area contributed by atoms with Crippen molar-refractivity contribution in [3.05, 3.63) is 48.5 Å². The first kappa shape index (κ1) is 9.09. The third-order valence-corrected chi connectivity index (χ3v) is 2.72. The van der Waals surface area contributed by atoms with E-state index in [0.29, 0.717) is 0 Å². The number of rotatable bonds is 1. The van der Waals surface area contributed by atoms with Gasteiger partial charge in [-0.2, -0.15) is 0 Å². The fourth-order valence-electron chi connectivity index (χ4n) is 1.90. The first-order valence-corrected chi connectivity index (χ1v) is 5.20. The van der Waals surface area contributed by atoms with Crippen LogP contribution in [-0.2, 0) is 0 Å². The average Bonchev–Trinajstić information content (AvgIpc) is 2.76. The van der Waals surface area contributed by atoms with Gasteiger partial charge in [0.15, 0.2) is 0 Å². The molecule has 0 radical (unpaired) electrons. The van der Waals surface area contributed by atoms with E-state index in [0.717, 1.165) is 27.9 Å². The molecule has 0 aliphatic heterocycles. The summed E-state index contributed by atoms with van der Waals surface area (Å²) < 4.78 is 0. The molecule has 1 N–H and O–H groups in total. The Hall–Kier alpha value is -2.16. The van der Waals surface area contributed by atoms with E-state index < -0.39 is 0 Å². The van der Waals surface area contributed by atoms with E-state index in [1.807, 2.05) is 31.3 Å². The fourth-order valence-corrected chi connectivity index (χ4v) is 1.90. The third kappa shape index (κ3) is 1.37. The Bertz CT molecular complexity index is 626. The molecule has 3 aromatic rings. The Kier molecular flexibility index (Phi) is 1.96. The molecular weight excluding hydrogens is 198 g/mol. The van der Waals surface area contributed by atoms with Crippen LogP contribution in [0.5, 0.6) is 0 Å². The molecule has 0 aromatic carbocycles. The molecule has 0 saturated carbocycles. The SMILES string of the molecule is Cc1nc2[nH]ccc2cc1-c1ccncc1. The van der Waals surface area contributed by atoms with Crippen molar-refractivity contribution >= 4 is 11.0 Å². The molecule has 0 aliphatic rings. The van der Waals surface area contributed by atoms with Crippen molar-refractivity contribution in [1.29, 1.82) is 0 Å². The molecule has 16 heavy (non-hydrogen) atoms. The summed E-state index contributed by atoms with van der Waals surface area (Å²) in [6.07, 6.45) is 5.51. The van der Waals surface area contributed by atoms with E-state index in [4.69, 9.17) is 0 Å². The van der Waals surface area contributed by atoms with Gasteiger partial charge in [0.05, 0.1) is 0 Å². The summed E-state index contributed by atoms with van der Waals surface area (Å²) in [6.45, 7) is 2.02. The van der Waals surface area contributed by atoms with Gasteiger partial charge in [-0.3, -0.25) is 4.98 Å². The minimum atomic E-state index is 0.940. The lowest BCUT2D eigenvalue weighted by Crippen LogP contribution is -1.88. The number of hydrogen-bond acceptors (Lipinski definition) is 2. The highest BCUT2D eigenvalue weighted by Gasteiger charge is 2.05. The quantitative estimate of drug-likeness (QED) is 0.669. The lowest BCUT2D eigenvalue weighted by Gasteiger charge is -2.05. The molecule has 3 heteroatoms. The van der Waals surface area contributed by atoms with Gasteiger partial charge in [0.25, 0.3) is 0 Å². The molecule has 3 nitrogen and oxygen atoms in total. The summed E-state index contributed by atoms with van der Waals surface area (Å²) in [4.78, 5) is 11.7. The second-order valence-electron chi connectivity index (χ2n) is 3.77. The van der Waals surface area contributed by atoms with E-state index >= 15 is 0 Å². The molecular formula is C13H11N3. The zero-order valence-electron chi connectivity index (χ0n) is 8.94. The maximum absolute atomic E-state index is 4.54. The predicted octanol–water partition coefficient (Wildman–Crippen LogP) is 2.93. The van der Waals surface area contributed by atoms with Crippen LogP contribution in [0.1, 0.15) is 5.69 Å². The number of fused-ring (bicyclic) bond motifs is 1. The Morgan fingerprint density at radius 2 is 1.94 bits per heavy atom. The van der Waals surface area contributed by atoms with Gasteiger partial charge in [0.2, 0.25) is 0 Å². The first-order chi connectivity index (χ1) is 7.84. The van der Waals surface area contributed by atoms with Crippen molar-refractivity contribution in [3.63, 3.8) is 0 Å². The van der Waals surface area contributed by atoms with Crippen LogP contribution in [-0.4, -0.2) is 15.0 Å². The van der Waals surface area contributed by atoms with Crippen LogP contribution in [0.4, 0.5) is 0 Å². The first-order valence-electron chi connectivity index (χ1n) is 5.20. The van der Waals surface area contributed by atoms with Crippen molar-refractivity contribution in [3.8, 4) is 11.1 Å². The van der Waals surface area contributed by atoms with Crippen LogP contribution >= 0.6 is 0 Å². The zero-order valence-corrected chi connectivity index (χ0v) is 8.94. The van der Waals surface area contributed by atoms with Gasteiger partial charge in [-0.15, -0.1) is 0 Å². The van der Waals surface area contributed by atoms with E-state index in [1.165, 1.54) is 0 Å². The molecule has 0 saturated heterocycles. The van der Waals surface area contributed by atoms with Crippen molar-refractivity contribution in [2.45, 2.75) is 6.92 Å².